The molecule has 6 nitrogen and oxygen atoms in total. The molecule has 0 aromatic heterocycles. The highest BCUT2D eigenvalue weighted by molar-refractivity contribution is 6.40. The number of amides is 2. The highest BCUT2D eigenvalue weighted by atomic mass is 35.5. The van der Waals surface area contributed by atoms with Crippen LogP contribution in [0.15, 0.2) is 60.7 Å². The molecule has 0 heterocycles. The van der Waals surface area contributed by atoms with Gasteiger partial charge in [0, 0.05) is 19.2 Å². The SMILES string of the molecule is Cc1cccc(Cl)c1C(=O)N(C)C(Cc1ccc(NC(=O)c2c(Cl)cccc2Cl)cc1)C(=O)O. The average Bonchev–Trinajstić information content (AvgIpc) is 2.77. The fourth-order valence-corrected chi connectivity index (χ4v) is 4.34. The van der Waals surface area contributed by atoms with Crippen LogP contribution in [0.25, 0.3) is 0 Å². The molecule has 0 bridgehead atoms. The summed E-state index contributed by atoms with van der Waals surface area (Å²) in [7, 11) is 1.44. The van der Waals surface area contributed by atoms with E-state index in [1.807, 2.05) is 0 Å². The lowest BCUT2D eigenvalue weighted by Gasteiger charge is -2.26. The minimum Gasteiger partial charge on any atom is -0.480 e. The van der Waals surface area contributed by atoms with Crippen LogP contribution >= 0.6 is 34.8 Å². The number of rotatable bonds is 7. The maximum Gasteiger partial charge on any atom is 0.326 e. The molecule has 2 N–H and O–H groups in total. The normalized spacial score (nSPS) is 11.6. The summed E-state index contributed by atoms with van der Waals surface area (Å²) in [4.78, 5) is 38.7. The third-order valence-corrected chi connectivity index (χ3v) is 6.28. The van der Waals surface area contributed by atoms with E-state index in [1.165, 1.54) is 11.9 Å². The molecule has 3 aromatic carbocycles. The van der Waals surface area contributed by atoms with Gasteiger partial charge in [0.1, 0.15) is 6.04 Å². The molecule has 0 spiro atoms. The van der Waals surface area contributed by atoms with E-state index in [2.05, 4.69) is 5.32 Å². The van der Waals surface area contributed by atoms with Gasteiger partial charge < -0.3 is 15.3 Å². The first-order valence-corrected chi connectivity index (χ1v) is 11.3. The van der Waals surface area contributed by atoms with Gasteiger partial charge in [0.2, 0.25) is 0 Å². The van der Waals surface area contributed by atoms with Crippen molar-refractivity contribution in [1.82, 2.24) is 4.90 Å². The summed E-state index contributed by atoms with van der Waals surface area (Å²) in [5, 5.41) is 13.2. The Kier molecular flexibility index (Phi) is 8.20. The van der Waals surface area contributed by atoms with Crippen molar-refractivity contribution < 1.29 is 19.5 Å². The number of carboxylic acid groups (broad SMARTS) is 1. The summed E-state index contributed by atoms with van der Waals surface area (Å²) in [6, 6.07) is 15.3. The highest BCUT2D eigenvalue weighted by Gasteiger charge is 2.29. The summed E-state index contributed by atoms with van der Waals surface area (Å²) >= 11 is 18.4. The molecular weight excluding hydrogens is 499 g/mol. The molecule has 0 saturated carbocycles. The second-order valence-electron chi connectivity index (χ2n) is 7.65. The molecule has 2 amide bonds. The zero-order chi connectivity index (χ0) is 25.0. The van der Waals surface area contributed by atoms with E-state index < -0.39 is 23.8 Å². The molecule has 9 heteroatoms. The monoisotopic (exact) mass is 518 g/mol. The van der Waals surface area contributed by atoms with Crippen molar-refractivity contribution in [1.29, 1.82) is 0 Å². The van der Waals surface area contributed by atoms with Crippen molar-refractivity contribution in [2.24, 2.45) is 0 Å². The van der Waals surface area contributed by atoms with E-state index in [-0.39, 0.29) is 32.6 Å². The van der Waals surface area contributed by atoms with Crippen LogP contribution in [0.3, 0.4) is 0 Å². The Hall–Kier alpha value is -3.06. The van der Waals surface area contributed by atoms with Crippen LogP contribution in [-0.4, -0.2) is 40.9 Å². The van der Waals surface area contributed by atoms with Crippen molar-refractivity contribution in [2.45, 2.75) is 19.4 Å². The Morgan fingerprint density at radius 1 is 0.882 bits per heavy atom. The summed E-state index contributed by atoms with van der Waals surface area (Å²) in [5.41, 5.74) is 2.24. The molecule has 34 heavy (non-hydrogen) atoms. The molecule has 1 atom stereocenters. The van der Waals surface area contributed by atoms with Crippen LogP contribution in [0.5, 0.6) is 0 Å². The Morgan fingerprint density at radius 2 is 1.41 bits per heavy atom. The second kappa shape index (κ2) is 10.9. The smallest absolute Gasteiger partial charge is 0.326 e. The minimum absolute atomic E-state index is 0.0612. The standard InChI is InChI=1S/C25H21Cl3N2O4/c1-14-5-3-6-17(26)21(14)24(32)30(2)20(25(33)34)13-15-9-11-16(12-10-15)29-23(31)22-18(27)7-4-8-19(22)28/h3-12,20H,13H2,1-2H3,(H,29,31)(H,33,34). The fourth-order valence-electron chi connectivity index (χ4n) is 3.47. The largest absolute Gasteiger partial charge is 0.480 e. The predicted molar refractivity (Wildman–Crippen MR) is 134 cm³/mol. The second-order valence-corrected chi connectivity index (χ2v) is 8.88. The van der Waals surface area contributed by atoms with Gasteiger partial charge >= 0.3 is 5.97 Å². The van der Waals surface area contributed by atoms with Gasteiger partial charge in [0.25, 0.3) is 11.8 Å². The van der Waals surface area contributed by atoms with Gasteiger partial charge in [-0.15, -0.1) is 0 Å². The zero-order valence-electron chi connectivity index (χ0n) is 18.3. The number of aryl methyl sites for hydroxylation is 1. The molecule has 0 radical (unpaired) electrons. The number of aliphatic carboxylic acids is 1. The third-order valence-electron chi connectivity index (χ3n) is 5.34. The summed E-state index contributed by atoms with van der Waals surface area (Å²) in [5.74, 6) is -2.09. The average molecular weight is 520 g/mol. The number of likely N-dealkylation sites (N-methyl/N-ethyl adjacent to an activating group) is 1. The van der Waals surface area contributed by atoms with Crippen LogP contribution in [0.2, 0.25) is 15.1 Å². The number of nitrogens with zero attached hydrogens (tertiary/aromatic N) is 1. The van der Waals surface area contributed by atoms with Crippen LogP contribution in [0.4, 0.5) is 5.69 Å². The van der Waals surface area contributed by atoms with E-state index in [4.69, 9.17) is 34.8 Å². The summed E-state index contributed by atoms with van der Waals surface area (Å²) < 4.78 is 0. The fraction of sp³-hybridized carbons (Fsp3) is 0.160. The Morgan fingerprint density at radius 3 is 1.94 bits per heavy atom. The van der Waals surface area contributed by atoms with E-state index in [0.29, 0.717) is 16.8 Å². The van der Waals surface area contributed by atoms with E-state index in [9.17, 15) is 19.5 Å². The van der Waals surface area contributed by atoms with Gasteiger partial charge in [-0.1, -0.05) is 65.1 Å². The summed E-state index contributed by atoms with van der Waals surface area (Å²) in [6.07, 6.45) is 0.0612. The molecule has 0 aliphatic rings. The molecule has 176 valence electrons. The number of halogens is 3. The number of nitrogens with one attached hydrogen (secondary N) is 1. The summed E-state index contributed by atoms with van der Waals surface area (Å²) in [6.45, 7) is 1.74. The van der Waals surface area contributed by atoms with Gasteiger partial charge in [0.05, 0.1) is 26.2 Å². The first-order valence-electron chi connectivity index (χ1n) is 10.2. The Bertz CT molecular complexity index is 1200. The van der Waals surface area contributed by atoms with Crippen LogP contribution in [0, 0.1) is 6.92 Å². The van der Waals surface area contributed by atoms with Crippen molar-refractivity contribution in [2.75, 3.05) is 12.4 Å². The minimum atomic E-state index is -1.15. The van der Waals surface area contributed by atoms with E-state index >= 15 is 0 Å². The number of anilines is 1. The van der Waals surface area contributed by atoms with Gasteiger partial charge in [-0.3, -0.25) is 9.59 Å². The van der Waals surface area contributed by atoms with Crippen molar-refractivity contribution in [3.63, 3.8) is 0 Å². The van der Waals surface area contributed by atoms with Gasteiger partial charge in [0.15, 0.2) is 0 Å². The van der Waals surface area contributed by atoms with Gasteiger partial charge in [-0.05, 0) is 48.4 Å². The van der Waals surface area contributed by atoms with E-state index in [0.717, 1.165) is 0 Å². The third kappa shape index (κ3) is 5.70. The zero-order valence-corrected chi connectivity index (χ0v) is 20.6. The highest BCUT2D eigenvalue weighted by Crippen LogP contribution is 2.26. The number of hydrogen-bond donors (Lipinski definition) is 2. The number of benzene rings is 3. The molecule has 0 saturated heterocycles. The molecule has 0 fully saturated rings. The number of hydrogen-bond acceptors (Lipinski definition) is 3. The number of carbonyl (C=O) groups is 3. The lowest BCUT2D eigenvalue weighted by atomic mass is 10.0. The van der Waals surface area contributed by atoms with Crippen molar-refractivity contribution in [3.05, 3.63) is 98.0 Å². The van der Waals surface area contributed by atoms with Crippen molar-refractivity contribution in [3.8, 4) is 0 Å². The van der Waals surface area contributed by atoms with Crippen molar-refractivity contribution >= 4 is 58.3 Å². The Labute approximate surface area is 212 Å². The quantitative estimate of drug-likeness (QED) is 0.402. The number of carboxylic acids is 1. The predicted octanol–water partition coefficient (Wildman–Crippen LogP) is 5.98. The van der Waals surface area contributed by atoms with Crippen LogP contribution in [-0.2, 0) is 11.2 Å². The molecule has 3 rings (SSSR count). The van der Waals surface area contributed by atoms with Gasteiger partial charge in [-0.2, -0.15) is 0 Å². The Balaban J connectivity index is 1.75. The molecule has 0 aliphatic carbocycles. The lowest BCUT2D eigenvalue weighted by Crippen LogP contribution is -2.44. The maximum absolute atomic E-state index is 13.0. The first-order chi connectivity index (χ1) is 16.1. The molecule has 1 unspecified atom stereocenters. The first kappa shape index (κ1) is 25.6. The number of carbonyl (C=O) groups excluding carboxylic acids is 2. The van der Waals surface area contributed by atoms with Crippen LogP contribution in [0.1, 0.15) is 31.8 Å². The molecule has 3 aromatic rings. The van der Waals surface area contributed by atoms with E-state index in [1.54, 1.807) is 67.6 Å². The molecular formula is C25H21Cl3N2O4. The topological polar surface area (TPSA) is 86.7 Å². The molecule has 0 aliphatic heterocycles. The van der Waals surface area contributed by atoms with Gasteiger partial charge in [-0.25, -0.2) is 4.79 Å². The van der Waals surface area contributed by atoms with Crippen LogP contribution < -0.4 is 5.32 Å². The lowest BCUT2D eigenvalue weighted by molar-refractivity contribution is -0.141. The maximum atomic E-state index is 13.0.